The number of Topliss-reactive ketones (excluding diaryl/α,β-unsaturated/α-hetero) is 1. The van der Waals surface area contributed by atoms with Crippen molar-refractivity contribution in [3.63, 3.8) is 0 Å². The van der Waals surface area contributed by atoms with Gasteiger partial charge < -0.3 is 95.9 Å². The first-order valence-corrected chi connectivity index (χ1v) is 35.8. The van der Waals surface area contributed by atoms with Crippen molar-refractivity contribution in [3.05, 3.63) is 195 Å². The second-order valence-corrected chi connectivity index (χ2v) is 29.6. The van der Waals surface area contributed by atoms with Gasteiger partial charge in [-0.1, -0.05) is 12.1 Å². The molecule has 32 heteroatoms. The number of hydrogen-bond donors (Lipinski definition) is 5. The first-order chi connectivity index (χ1) is 49.9. The molecule has 0 spiro atoms. The summed E-state index contributed by atoms with van der Waals surface area (Å²) in [5, 5.41) is 37.9. The van der Waals surface area contributed by atoms with Crippen LogP contribution in [-0.2, 0) is 48.1 Å². The van der Waals surface area contributed by atoms with Gasteiger partial charge in [-0.25, -0.2) is 4.98 Å². The topological polar surface area (TPSA) is 263 Å². The summed E-state index contributed by atoms with van der Waals surface area (Å²) in [4.78, 5) is 70.7. The number of aryl methyl sites for hydroxylation is 2. The maximum absolute atomic E-state index is 13.0. The van der Waals surface area contributed by atoms with Gasteiger partial charge >= 0.3 is 35.4 Å². The Morgan fingerprint density at radius 3 is 1.25 bits per heavy atom. The summed E-state index contributed by atoms with van der Waals surface area (Å²) in [6.07, 6.45) is 1.70. The number of pyridine rings is 6. The normalized spacial score (nSPS) is 22.9. The first-order valence-electron chi connectivity index (χ1n) is 34.2. The van der Waals surface area contributed by atoms with Crippen LogP contribution >= 0.6 is 31.9 Å². The molecular formula is C76H79Br2F6IMgN12O10. The number of halogens is 9. The zero-order valence-electron chi connectivity index (χ0n) is 60.0. The third-order valence-electron chi connectivity index (χ3n) is 19.9. The van der Waals surface area contributed by atoms with Gasteiger partial charge in [-0.15, -0.1) is 0 Å². The van der Waals surface area contributed by atoms with Crippen molar-refractivity contribution in [2.24, 2.45) is 0 Å². The average Bonchev–Trinajstić information content (AvgIpc) is 0.755. The summed E-state index contributed by atoms with van der Waals surface area (Å²) in [6, 6.07) is 23.0. The minimum atomic E-state index is -4.64. The number of nitrogens with one attached hydrogen (secondary N) is 2. The Labute approximate surface area is 670 Å². The minimum Gasteiger partial charge on any atom is -1.00 e. The molecule has 4 fully saturated rings. The molecule has 7 atom stereocenters. The van der Waals surface area contributed by atoms with Crippen molar-refractivity contribution in [2.75, 3.05) is 109 Å². The number of carbonyl (C=O) groups excluding carboxylic acids is 3. The van der Waals surface area contributed by atoms with Crippen LogP contribution in [0.25, 0.3) is 22.3 Å². The number of morpholine rings is 4. The molecule has 8 aromatic rings. The van der Waals surface area contributed by atoms with Crippen molar-refractivity contribution in [2.45, 2.75) is 114 Å². The number of hydrogen-bond acceptors (Lipinski definition) is 20. The van der Waals surface area contributed by atoms with Crippen LogP contribution in [0.3, 0.4) is 0 Å². The molecule has 0 aliphatic carbocycles. The smallest absolute Gasteiger partial charge is 1.00 e. The van der Waals surface area contributed by atoms with E-state index in [0.29, 0.717) is 107 Å². The maximum atomic E-state index is 13.0. The van der Waals surface area contributed by atoms with Gasteiger partial charge in [0, 0.05) is 132 Å². The molecule has 22 nitrogen and oxygen atoms in total. The number of alkyl halides is 6. The quantitative estimate of drug-likeness (QED) is 0.0449. The van der Waals surface area contributed by atoms with E-state index in [4.69, 9.17) is 18.9 Å². The molecular weight excluding hydrogens is 1670 g/mol. The standard InChI is InChI=1S/2C26H25F3N4O3.C12H15BrN2O2.C11H11BrN2O2.CH3.HI.Mg/c2*1-15-3-4-18(32-24(34)16-5-6-30-22(10-16)26(27,28)29)11-20(15)17-9-21-23(31-13-17)25(2,35)12-19-14-36-8-7-33(19)21;1-12(16)5-9-7-17-3-2-15(9)10-4-8(13)6-14-11(10)12;12-7-3-9-11(13-5-7)10(15)4-8-6-16-2-1-14(8)9;;;/h2*3-6,9-11,13,19,35H,7-8,12,14H2,1-2H3,(H,32,34);4,6,9,16H,2-3,5,7H2,1H3;3,5,8H,1-2,4,6H2;1H3;1H;/q;;;;-1;;+2/p-1. The number of aliphatic hydroxyl groups is 3. The number of carbonyl (C=O) groups is 3. The largest absolute Gasteiger partial charge is 2.00 e. The molecule has 5 N–H and O–H groups in total. The van der Waals surface area contributed by atoms with Crippen LogP contribution in [0.15, 0.2) is 131 Å². The van der Waals surface area contributed by atoms with E-state index in [1.165, 1.54) is 12.1 Å². The fourth-order valence-electron chi connectivity index (χ4n) is 14.8. The molecule has 108 heavy (non-hydrogen) atoms. The van der Waals surface area contributed by atoms with Crippen LogP contribution in [0.1, 0.15) is 117 Å². The van der Waals surface area contributed by atoms with Gasteiger partial charge in [0.05, 0.1) is 117 Å². The van der Waals surface area contributed by atoms with Crippen molar-refractivity contribution in [3.8, 4) is 22.3 Å². The van der Waals surface area contributed by atoms with E-state index in [0.717, 1.165) is 122 Å². The summed E-state index contributed by atoms with van der Waals surface area (Å²) in [7, 11) is 0. The van der Waals surface area contributed by atoms with Crippen molar-refractivity contribution >= 4 is 107 Å². The van der Waals surface area contributed by atoms with Crippen LogP contribution < -0.4 is 54.2 Å². The second-order valence-electron chi connectivity index (χ2n) is 27.8. The van der Waals surface area contributed by atoms with E-state index in [1.807, 2.05) is 57.2 Å². The van der Waals surface area contributed by atoms with Crippen LogP contribution in [0.5, 0.6) is 0 Å². The predicted octanol–water partition coefficient (Wildman–Crippen LogP) is 9.45. The number of amides is 2. The molecule has 8 aliphatic heterocycles. The summed E-state index contributed by atoms with van der Waals surface area (Å²) in [6.45, 7) is 17.3. The van der Waals surface area contributed by atoms with E-state index in [1.54, 1.807) is 62.9 Å². The third kappa shape index (κ3) is 18.3. The Bertz CT molecular complexity index is 4440. The van der Waals surface area contributed by atoms with Crippen LogP contribution in [0.2, 0.25) is 0 Å². The number of aromatic nitrogens is 6. The molecule has 0 radical (unpaired) electrons. The van der Waals surface area contributed by atoms with Gasteiger partial charge in [0.15, 0.2) is 5.78 Å². The zero-order chi connectivity index (χ0) is 74.5. The Hall–Kier alpha value is -7.09. The number of rotatable bonds is 6. The molecule has 2 aromatic carbocycles. The average molecular weight is 1750 g/mol. The third-order valence-corrected chi connectivity index (χ3v) is 20.8. The molecule has 14 heterocycles. The molecule has 0 bridgehead atoms. The molecule has 568 valence electrons. The molecule has 2 amide bonds. The van der Waals surface area contributed by atoms with Gasteiger partial charge in [-0.2, -0.15) is 26.3 Å². The van der Waals surface area contributed by atoms with Crippen LogP contribution in [-0.4, -0.2) is 189 Å². The monoisotopic (exact) mass is 1740 g/mol. The molecule has 7 unspecified atom stereocenters. The number of anilines is 6. The van der Waals surface area contributed by atoms with E-state index in [9.17, 15) is 56.0 Å². The predicted molar refractivity (Wildman–Crippen MR) is 399 cm³/mol. The summed E-state index contributed by atoms with van der Waals surface area (Å²) >= 11 is 6.84. The number of nitrogens with zero attached hydrogens (tertiary/aromatic N) is 10. The van der Waals surface area contributed by atoms with E-state index >= 15 is 0 Å². The number of benzene rings is 2. The van der Waals surface area contributed by atoms with Gasteiger partial charge in [0.1, 0.15) is 33.9 Å². The second kappa shape index (κ2) is 33.9. The summed E-state index contributed by atoms with van der Waals surface area (Å²) in [5.41, 5.74) is 6.65. The van der Waals surface area contributed by atoms with Gasteiger partial charge in [-0.3, -0.25) is 39.3 Å². The Kier molecular flexibility index (Phi) is 26.1. The SMILES string of the molecule is CC1(O)CC2COCCN2c2cc(Br)cnc21.Cc1ccc(NC(=O)c2ccnc(C(F)(F)F)c2)cc1-c1cnc2c(c1)N1CCOCC1CC2(C)O.Cc1ccc(NC(=O)c2ccnc(C(F)(F)F)c2)cc1-c1cnc2c(c1)N1CCOCC1CC2(C)O.O=C1CC2COCCN2c2cc(Br)cnc21.[CH3-].[I-].[Mg+2]. The Morgan fingerprint density at radius 2 is 0.852 bits per heavy atom. The molecule has 8 aliphatic rings. The van der Waals surface area contributed by atoms with Gasteiger partial charge in [0.25, 0.3) is 11.8 Å². The number of fused-ring (bicyclic) bond motifs is 12. The molecule has 16 rings (SSSR count). The Morgan fingerprint density at radius 1 is 0.500 bits per heavy atom. The first kappa shape index (κ1) is 83.4. The fourth-order valence-corrected chi connectivity index (χ4v) is 15.5. The minimum absolute atomic E-state index is 0. The number of ether oxygens (including phenoxy) is 4. The fraction of sp³-hybridized carbons (Fsp3) is 0.395. The molecule has 0 saturated carbocycles. The molecule has 6 aromatic heterocycles. The summed E-state index contributed by atoms with van der Waals surface area (Å²) < 4.78 is 102. The van der Waals surface area contributed by atoms with E-state index < -0.39 is 52.4 Å². The zero-order valence-corrected chi connectivity index (χ0v) is 66.7. The van der Waals surface area contributed by atoms with Gasteiger partial charge in [0.2, 0.25) is 0 Å². The van der Waals surface area contributed by atoms with Gasteiger partial charge in [-0.05, 0) is 162 Å². The maximum Gasteiger partial charge on any atom is 2.00 e. The van der Waals surface area contributed by atoms with Crippen molar-refractivity contribution in [1.82, 2.24) is 29.9 Å². The van der Waals surface area contributed by atoms with E-state index in [-0.39, 0.29) is 95.5 Å². The van der Waals surface area contributed by atoms with E-state index in [2.05, 4.69) is 92.0 Å². The summed E-state index contributed by atoms with van der Waals surface area (Å²) in [5.74, 6) is -1.23. The number of ketones is 1. The Balaban J connectivity index is 0.000000161. The molecule has 4 saturated heterocycles. The van der Waals surface area contributed by atoms with Crippen LogP contribution in [0.4, 0.5) is 60.5 Å². The van der Waals surface area contributed by atoms with Crippen molar-refractivity contribution < 1.29 is 99.0 Å². The van der Waals surface area contributed by atoms with Crippen molar-refractivity contribution in [1.29, 1.82) is 0 Å². The van der Waals surface area contributed by atoms with Crippen LogP contribution in [0, 0.1) is 21.3 Å².